The summed E-state index contributed by atoms with van der Waals surface area (Å²) in [6.45, 7) is 4.78. The van der Waals surface area contributed by atoms with E-state index in [-0.39, 0.29) is 6.04 Å². The number of nitrogens with zero attached hydrogens (tertiary/aromatic N) is 2. The van der Waals surface area contributed by atoms with Crippen LogP contribution in [0.25, 0.3) is 5.69 Å². The van der Waals surface area contributed by atoms with Gasteiger partial charge in [-0.1, -0.05) is 15.9 Å². The highest BCUT2D eigenvalue weighted by atomic mass is 79.9. The van der Waals surface area contributed by atoms with Crippen LogP contribution in [0.3, 0.4) is 0 Å². The zero-order chi connectivity index (χ0) is 13.8. The van der Waals surface area contributed by atoms with Crippen LogP contribution >= 0.6 is 15.9 Å². The van der Waals surface area contributed by atoms with Gasteiger partial charge in [-0.15, -0.1) is 0 Å². The van der Waals surface area contributed by atoms with E-state index >= 15 is 0 Å². The molecule has 102 valence electrons. The molecule has 1 heterocycles. The Morgan fingerprint density at radius 3 is 2.89 bits per heavy atom. The van der Waals surface area contributed by atoms with Crippen LogP contribution in [-0.2, 0) is 4.74 Å². The third-order valence-corrected chi connectivity index (χ3v) is 3.20. The van der Waals surface area contributed by atoms with Crippen molar-refractivity contribution < 1.29 is 4.74 Å². The number of hydrogen-bond donors (Lipinski definition) is 1. The van der Waals surface area contributed by atoms with Gasteiger partial charge in [-0.3, -0.25) is 4.57 Å². The van der Waals surface area contributed by atoms with Crippen molar-refractivity contribution in [2.75, 3.05) is 19.0 Å². The number of aromatic nitrogens is 2. The van der Waals surface area contributed by atoms with Gasteiger partial charge >= 0.3 is 0 Å². The molecule has 1 aromatic carbocycles. The molecule has 0 aliphatic heterocycles. The number of imidazole rings is 1. The summed E-state index contributed by atoms with van der Waals surface area (Å²) >= 11 is 3.52. The highest BCUT2D eigenvalue weighted by Gasteiger charge is 2.09. The number of hydrogen-bond acceptors (Lipinski definition) is 3. The van der Waals surface area contributed by atoms with Gasteiger partial charge in [-0.2, -0.15) is 0 Å². The maximum Gasteiger partial charge on any atom is 0.207 e. The number of anilines is 1. The summed E-state index contributed by atoms with van der Waals surface area (Å²) in [7, 11) is 1.70. The van der Waals surface area contributed by atoms with Gasteiger partial charge in [0.2, 0.25) is 5.95 Å². The predicted octanol–water partition coefficient (Wildman–Crippen LogP) is 3.39. The van der Waals surface area contributed by atoms with E-state index in [1.807, 2.05) is 10.8 Å². The highest BCUT2D eigenvalue weighted by molar-refractivity contribution is 9.10. The van der Waals surface area contributed by atoms with E-state index in [4.69, 9.17) is 4.74 Å². The number of benzene rings is 1. The topological polar surface area (TPSA) is 39.1 Å². The largest absolute Gasteiger partial charge is 0.383 e. The standard InChI is InChI=1S/C14H18BrN3O/c1-10-6-12(15)8-13(7-10)18-5-4-16-14(18)17-11(2)9-19-3/h4-8,11H,9H2,1-3H3,(H,16,17). The summed E-state index contributed by atoms with van der Waals surface area (Å²) < 4.78 is 8.22. The van der Waals surface area contributed by atoms with Crippen molar-refractivity contribution in [2.45, 2.75) is 19.9 Å². The summed E-state index contributed by atoms with van der Waals surface area (Å²) in [5.41, 5.74) is 2.28. The molecule has 1 unspecified atom stereocenters. The van der Waals surface area contributed by atoms with Gasteiger partial charge < -0.3 is 10.1 Å². The van der Waals surface area contributed by atoms with Crippen molar-refractivity contribution in [3.8, 4) is 5.69 Å². The molecular formula is C14H18BrN3O. The van der Waals surface area contributed by atoms with Crippen LogP contribution in [0.1, 0.15) is 12.5 Å². The Bertz CT molecular complexity index is 533. The van der Waals surface area contributed by atoms with E-state index in [1.54, 1.807) is 13.3 Å². The summed E-state index contributed by atoms with van der Waals surface area (Å²) in [4.78, 5) is 4.36. The van der Waals surface area contributed by atoms with Gasteiger partial charge in [0.25, 0.3) is 0 Å². The quantitative estimate of drug-likeness (QED) is 0.916. The van der Waals surface area contributed by atoms with Crippen LogP contribution in [0.15, 0.2) is 35.1 Å². The Balaban J connectivity index is 2.28. The van der Waals surface area contributed by atoms with Gasteiger partial charge in [-0.05, 0) is 37.6 Å². The molecule has 0 aliphatic rings. The summed E-state index contributed by atoms with van der Waals surface area (Å²) in [6.07, 6.45) is 3.74. The lowest BCUT2D eigenvalue weighted by Gasteiger charge is -2.15. The minimum absolute atomic E-state index is 0.208. The maximum absolute atomic E-state index is 5.13. The van der Waals surface area contributed by atoms with Crippen molar-refractivity contribution in [1.82, 2.24) is 9.55 Å². The zero-order valence-corrected chi connectivity index (χ0v) is 12.9. The van der Waals surface area contributed by atoms with E-state index in [9.17, 15) is 0 Å². The van der Waals surface area contributed by atoms with Crippen LogP contribution in [0, 0.1) is 6.92 Å². The highest BCUT2D eigenvalue weighted by Crippen LogP contribution is 2.21. The third-order valence-electron chi connectivity index (χ3n) is 2.74. The predicted molar refractivity (Wildman–Crippen MR) is 81.0 cm³/mol. The fourth-order valence-corrected chi connectivity index (χ4v) is 2.58. The Morgan fingerprint density at radius 2 is 2.21 bits per heavy atom. The second-order valence-electron chi connectivity index (χ2n) is 4.61. The Labute approximate surface area is 121 Å². The molecule has 1 N–H and O–H groups in total. The summed E-state index contributed by atoms with van der Waals surface area (Å²) in [5, 5.41) is 3.34. The third kappa shape index (κ3) is 3.58. The molecule has 19 heavy (non-hydrogen) atoms. The summed E-state index contributed by atoms with van der Waals surface area (Å²) in [5.74, 6) is 0.821. The monoisotopic (exact) mass is 323 g/mol. The molecule has 1 aromatic heterocycles. The maximum atomic E-state index is 5.13. The number of nitrogens with one attached hydrogen (secondary N) is 1. The van der Waals surface area contributed by atoms with E-state index in [1.165, 1.54) is 5.56 Å². The molecule has 2 rings (SSSR count). The Morgan fingerprint density at radius 1 is 1.42 bits per heavy atom. The second kappa shape index (κ2) is 6.21. The SMILES string of the molecule is COCC(C)Nc1nccn1-c1cc(C)cc(Br)c1. The molecule has 4 nitrogen and oxygen atoms in total. The second-order valence-corrected chi connectivity index (χ2v) is 5.52. The van der Waals surface area contributed by atoms with Gasteiger partial charge in [0, 0.05) is 35.7 Å². The first-order valence-electron chi connectivity index (χ1n) is 6.16. The van der Waals surface area contributed by atoms with Crippen LogP contribution < -0.4 is 5.32 Å². The van der Waals surface area contributed by atoms with Gasteiger partial charge in [0.05, 0.1) is 6.61 Å². The first kappa shape index (κ1) is 14.1. The number of aryl methyl sites for hydroxylation is 1. The van der Waals surface area contributed by atoms with Crippen molar-refractivity contribution in [2.24, 2.45) is 0 Å². The van der Waals surface area contributed by atoms with Crippen LogP contribution in [0.4, 0.5) is 5.95 Å². The van der Waals surface area contributed by atoms with E-state index in [0.717, 1.165) is 16.1 Å². The lowest BCUT2D eigenvalue weighted by atomic mass is 10.2. The molecule has 0 spiro atoms. The average molecular weight is 324 g/mol. The van der Waals surface area contributed by atoms with Gasteiger partial charge in [0.1, 0.15) is 0 Å². The smallest absolute Gasteiger partial charge is 0.207 e. The minimum atomic E-state index is 0.208. The van der Waals surface area contributed by atoms with Crippen molar-refractivity contribution in [3.63, 3.8) is 0 Å². The summed E-state index contributed by atoms with van der Waals surface area (Å²) in [6, 6.07) is 6.49. The van der Waals surface area contributed by atoms with E-state index in [0.29, 0.717) is 6.61 Å². The number of halogens is 1. The van der Waals surface area contributed by atoms with Crippen molar-refractivity contribution in [1.29, 1.82) is 0 Å². The lowest BCUT2D eigenvalue weighted by molar-refractivity contribution is 0.190. The zero-order valence-electron chi connectivity index (χ0n) is 11.4. The lowest BCUT2D eigenvalue weighted by Crippen LogP contribution is -2.22. The molecule has 2 aromatic rings. The molecule has 0 amide bonds. The van der Waals surface area contributed by atoms with Crippen LogP contribution in [-0.4, -0.2) is 29.3 Å². The molecule has 0 radical (unpaired) electrons. The first-order chi connectivity index (χ1) is 9.10. The average Bonchev–Trinajstić information content (AvgIpc) is 2.76. The molecule has 0 aliphatic carbocycles. The van der Waals surface area contributed by atoms with Gasteiger partial charge in [-0.25, -0.2) is 4.98 Å². The molecular weight excluding hydrogens is 306 g/mol. The minimum Gasteiger partial charge on any atom is -0.383 e. The van der Waals surface area contributed by atoms with Gasteiger partial charge in [0.15, 0.2) is 0 Å². The molecule has 0 bridgehead atoms. The van der Waals surface area contributed by atoms with E-state index < -0.39 is 0 Å². The normalized spacial score (nSPS) is 12.4. The first-order valence-corrected chi connectivity index (χ1v) is 6.96. The Hall–Kier alpha value is -1.33. The molecule has 0 fully saturated rings. The molecule has 0 saturated carbocycles. The number of rotatable bonds is 5. The molecule has 1 atom stereocenters. The number of methoxy groups -OCH3 is 1. The molecule has 5 heteroatoms. The van der Waals surface area contributed by atoms with Crippen molar-refractivity contribution in [3.05, 3.63) is 40.6 Å². The molecule has 0 saturated heterocycles. The van der Waals surface area contributed by atoms with Crippen LogP contribution in [0.5, 0.6) is 0 Å². The van der Waals surface area contributed by atoms with E-state index in [2.05, 4.69) is 58.3 Å². The Kier molecular flexibility index (Phi) is 4.61. The number of ether oxygens (including phenoxy) is 1. The van der Waals surface area contributed by atoms with Crippen LogP contribution in [0.2, 0.25) is 0 Å². The fraction of sp³-hybridized carbons (Fsp3) is 0.357. The fourth-order valence-electron chi connectivity index (χ4n) is 1.99. The van der Waals surface area contributed by atoms with Crippen molar-refractivity contribution >= 4 is 21.9 Å².